The van der Waals surface area contributed by atoms with E-state index in [0.717, 1.165) is 28.8 Å². The Bertz CT molecular complexity index is 1760. The first kappa shape index (κ1) is 42.4. The predicted octanol–water partition coefficient (Wildman–Crippen LogP) is 3.97. The van der Waals surface area contributed by atoms with Crippen molar-refractivity contribution in [3.05, 3.63) is 94.8 Å². The van der Waals surface area contributed by atoms with E-state index >= 15 is 0 Å². The fraction of sp³-hybridized carbons (Fsp3) is 0.452. The van der Waals surface area contributed by atoms with Crippen LogP contribution in [0.15, 0.2) is 66.7 Å². The van der Waals surface area contributed by atoms with Gasteiger partial charge in [-0.05, 0) is 98.2 Å². The van der Waals surface area contributed by atoms with Gasteiger partial charge in [0.15, 0.2) is 0 Å². The Morgan fingerprint density at radius 3 is 2.13 bits per heavy atom. The van der Waals surface area contributed by atoms with Gasteiger partial charge in [-0.25, -0.2) is 4.39 Å². The first-order valence-electron chi connectivity index (χ1n) is 19.1. The maximum absolute atomic E-state index is 14.0. The van der Waals surface area contributed by atoms with Crippen molar-refractivity contribution in [2.45, 2.75) is 103 Å². The molecule has 5 amide bonds. The van der Waals surface area contributed by atoms with Crippen LogP contribution in [-0.2, 0) is 36.8 Å². The summed E-state index contributed by atoms with van der Waals surface area (Å²) in [7, 11) is 0. The third kappa shape index (κ3) is 12.1. The highest BCUT2D eigenvalue weighted by molar-refractivity contribution is 5.95. The Kier molecular flexibility index (Phi) is 15.7. The molecular formula is C42H55FN6O6. The first-order valence-corrected chi connectivity index (χ1v) is 19.1. The standard InChI is InChI=1S/C42H55FN6O6/c1-5-7-13-36(47-40(53)35(44)25-34-27(3)22-33(50)23-28(34)4)41(54)45-26-38(51)46-37(24-29-14-16-30(43)17-15-29)42(55)48-20-18-32(19-21-48)49(39(52)6-2)31-11-9-8-10-12-31/h8-12,14-17,22-23,32,35-37,50H,5-7,13,18-21,24-26,44H2,1-4H3,(H,45,54)(H,46,51)(H,47,53)/t35-,36+,37-/m0/s1. The van der Waals surface area contributed by atoms with E-state index in [1.807, 2.05) is 62.9 Å². The molecule has 3 atom stereocenters. The highest BCUT2D eigenvalue weighted by Crippen LogP contribution is 2.26. The number of benzene rings is 3. The minimum absolute atomic E-state index is 0.00179. The monoisotopic (exact) mass is 758 g/mol. The van der Waals surface area contributed by atoms with Crippen molar-refractivity contribution in [3.63, 3.8) is 0 Å². The molecule has 0 radical (unpaired) electrons. The molecule has 296 valence electrons. The van der Waals surface area contributed by atoms with Crippen molar-refractivity contribution >= 4 is 35.2 Å². The molecule has 0 saturated carbocycles. The van der Waals surface area contributed by atoms with E-state index in [2.05, 4.69) is 16.0 Å². The lowest BCUT2D eigenvalue weighted by Crippen LogP contribution is -2.56. The third-order valence-corrected chi connectivity index (χ3v) is 10.1. The topological polar surface area (TPSA) is 174 Å². The number of piperidine rings is 1. The van der Waals surface area contributed by atoms with Gasteiger partial charge in [0.05, 0.1) is 12.6 Å². The molecule has 0 unspecified atom stereocenters. The van der Waals surface area contributed by atoms with Crippen LogP contribution >= 0.6 is 0 Å². The number of hydrogen-bond acceptors (Lipinski definition) is 7. The van der Waals surface area contributed by atoms with Gasteiger partial charge in [0, 0.05) is 37.7 Å². The van der Waals surface area contributed by atoms with Crippen molar-refractivity contribution < 1.29 is 33.5 Å². The maximum atomic E-state index is 14.0. The van der Waals surface area contributed by atoms with Crippen molar-refractivity contribution in [2.24, 2.45) is 5.73 Å². The number of nitrogens with zero attached hydrogens (tertiary/aromatic N) is 2. The van der Waals surface area contributed by atoms with Crippen molar-refractivity contribution in [1.82, 2.24) is 20.9 Å². The van der Waals surface area contributed by atoms with Gasteiger partial charge in [0.1, 0.15) is 23.7 Å². The van der Waals surface area contributed by atoms with Gasteiger partial charge in [-0.15, -0.1) is 0 Å². The smallest absolute Gasteiger partial charge is 0.245 e. The van der Waals surface area contributed by atoms with Gasteiger partial charge >= 0.3 is 0 Å². The normalized spacial score (nSPS) is 14.7. The lowest BCUT2D eigenvalue weighted by atomic mass is 9.95. The van der Waals surface area contributed by atoms with Crippen LogP contribution in [-0.4, -0.2) is 83.3 Å². The maximum Gasteiger partial charge on any atom is 0.245 e. The number of phenolic OH excluding ortho intramolecular Hbond substituents is 1. The van der Waals surface area contributed by atoms with Crippen molar-refractivity contribution in [2.75, 3.05) is 24.5 Å². The molecule has 1 heterocycles. The van der Waals surface area contributed by atoms with Gasteiger partial charge in [0.25, 0.3) is 0 Å². The number of halogens is 1. The highest BCUT2D eigenvalue weighted by atomic mass is 19.1. The van der Waals surface area contributed by atoms with Crippen LogP contribution in [0.5, 0.6) is 5.75 Å². The summed E-state index contributed by atoms with van der Waals surface area (Å²) < 4.78 is 13.7. The Morgan fingerprint density at radius 1 is 0.891 bits per heavy atom. The van der Waals surface area contributed by atoms with Crippen LogP contribution in [0.4, 0.5) is 10.1 Å². The molecule has 1 aliphatic heterocycles. The zero-order valence-corrected chi connectivity index (χ0v) is 32.3. The second kappa shape index (κ2) is 20.4. The number of unbranched alkanes of at least 4 members (excludes halogenated alkanes) is 1. The molecule has 0 bridgehead atoms. The van der Waals surface area contributed by atoms with Crippen LogP contribution in [0, 0.1) is 19.7 Å². The molecule has 3 aromatic rings. The molecule has 3 aromatic carbocycles. The van der Waals surface area contributed by atoms with Gasteiger partial charge in [-0.2, -0.15) is 0 Å². The second-order valence-corrected chi connectivity index (χ2v) is 14.2. The summed E-state index contributed by atoms with van der Waals surface area (Å²) in [5.41, 5.74) is 10.1. The lowest BCUT2D eigenvalue weighted by Gasteiger charge is -2.39. The minimum Gasteiger partial charge on any atom is -0.508 e. The molecule has 0 aliphatic carbocycles. The molecule has 0 aromatic heterocycles. The number of amides is 5. The van der Waals surface area contributed by atoms with Gasteiger partial charge in [-0.1, -0.05) is 57.0 Å². The lowest BCUT2D eigenvalue weighted by molar-refractivity contribution is -0.137. The van der Waals surface area contributed by atoms with E-state index in [1.165, 1.54) is 12.1 Å². The van der Waals surface area contributed by atoms with E-state index in [4.69, 9.17) is 5.73 Å². The van der Waals surface area contributed by atoms with E-state index in [9.17, 15) is 33.5 Å². The largest absolute Gasteiger partial charge is 0.508 e. The van der Waals surface area contributed by atoms with Crippen LogP contribution < -0.4 is 26.6 Å². The van der Waals surface area contributed by atoms with Crippen LogP contribution in [0.2, 0.25) is 0 Å². The number of nitrogens with one attached hydrogen (secondary N) is 3. The zero-order chi connectivity index (χ0) is 40.1. The van der Waals surface area contributed by atoms with E-state index in [0.29, 0.717) is 50.8 Å². The molecule has 1 saturated heterocycles. The number of aryl methyl sites for hydroxylation is 2. The van der Waals surface area contributed by atoms with Crippen molar-refractivity contribution in [3.8, 4) is 5.75 Å². The molecule has 13 heteroatoms. The minimum atomic E-state index is -1.01. The molecule has 1 fully saturated rings. The van der Waals surface area contributed by atoms with Crippen LogP contribution in [0.25, 0.3) is 0 Å². The van der Waals surface area contributed by atoms with E-state index in [1.54, 1.807) is 29.2 Å². The number of carbonyl (C=O) groups is 5. The molecular weight excluding hydrogens is 703 g/mol. The Morgan fingerprint density at radius 2 is 1.53 bits per heavy atom. The fourth-order valence-corrected chi connectivity index (χ4v) is 7.04. The Hall–Kier alpha value is -5.30. The number of anilines is 1. The number of phenols is 1. The number of nitrogens with two attached hydrogens (primary N) is 1. The van der Waals surface area contributed by atoms with Gasteiger partial charge in [0.2, 0.25) is 29.5 Å². The SMILES string of the molecule is CCCC[C@@H](NC(=O)[C@@H](N)Cc1c(C)cc(O)cc1C)C(=O)NCC(=O)N[C@@H](Cc1ccc(F)cc1)C(=O)N1CCC(N(C(=O)CC)c2ccccc2)CC1. The van der Waals surface area contributed by atoms with E-state index in [-0.39, 0.29) is 36.4 Å². The summed E-state index contributed by atoms with van der Waals surface area (Å²) in [6.07, 6.45) is 3.46. The zero-order valence-electron chi connectivity index (χ0n) is 32.3. The predicted molar refractivity (Wildman–Crippen MR) is 210 cm³/mol. The summed E-state index contributed by atoms with van der Waals surface area (Å²) in [4.78, 5) is 70.3. The number of likely N-dealkylation sites (tertiary alicyclic amines) is 1. The molecule has 1 aliphatic rings. The molecule has 12 nitrogen and oxygen atoms in total. The summed E-state index contributed by atoms with van der Waals surface area (Å²) in [6, 6.07) is 15.3. The summed E-state index contributed by atoms with van der Waals surface area (Å²) in [5.74, 6) is -2.32. The average Bonchev–Trinajstić information content (AvgIpc) is 3.17. The molecule has 6 N–H and O–H groups in total. The Labute approximate surface area is 323 Å². The molecule has 4 rings (SSSR count). The number of carbonyl (C=O) groups excluding carboxylic acids is 5. The van der Waals surface area contributed by atoms with E-state index < -0.39 is 48.2 Å². The van der Waals surface area contributed by atoms with Gasteiger partial charge < -0.3 is 36.6 Å². The Balaban J connectivity index is 1.39. The quantitative estimate of drug-likeness (QED) is 0.139. The number of para-hydroxylation sites is 1. The number of rotatable bonds is 17. The average molecular weight is 759 g/mol. The number of aromatic hydroxyl groups is 1. The first-order chi connectivity index (χ1) is 26.3. The van der Waals surface area contributed by atoms with Crippen molar-refractivity contribution in [1.29, 1.82) is 0 Å². The highest BCUT2D eigenvalue weighted by Gasteiger charge is 2.33. The molecule has 55 heavy (non-hydrogen) atoms. The van der Waals surface area contributed by atoms with Crippen LogP contribution in [0.3, 0.4) is 0 Å². The summed E-state index contributed by atoms with van der Waals surface area (Å²) in [5, 5.41) is 18.0. The molecule has 0 spiro atoms. The summed E-state index contributed by atoms with van der Waals surface area (Å²) >= 11 is 0. The van der Waals surface area contributed by atoms with Crippen LogP contribution in [0.1, 0.15) is 74.6 Å². The fourth-order valence-electron chi connectivity index (χ4n) is 7.04. The second-order valence-electron chi connectivity index (χ2n) is 14.2. The summed E-state index contributed by atoms with van der Waals surface area (Å²) in [6.45, 7) is 7.71. The third-order valence-electron chi connectivity index (χ3n) is 10.1. The number of hydrogen-bond donors (Lipinski definition) is 5. The van der Waals surface area contributed by atoms with Gasteiger partial charge in [-0.3, -0.25) is 24.0 Å².